The number of hydrogen-bond acceptors (Lipinski definition) is 1. The average Bonchev–Trinajstić information content (AvgIpc) is 2.39. The van der Waals surface area contributed by atoms with E-state index in [0.29, 0.717) is 0 Å². The zero-order chi connectivity index (χ0) is 12.3. The summed E-state index contributed by atoms with van der Waals surface area (Å²) in [4.78, 5) is 2.17. The largest absolute Gasteiger partial charge is 0.344 e. The van der Waals surface area contributed by atoms with Crippen LogP contribution in [0.5, 0.6) is 0 Å². The van der Waals surface area contributed by atoms with Gasteiger partial charge in [-0.2, -0.15) is 0 Å². The SMILES string of the molecule is CN(c1ccccc1)c1ccc(CBr)cc1Br. The molecule has 2 rings (SSSR count). The third kappa shape index (κ3) is 2.90. The number of halogens is 2. The van der Waals surface area contributed by atoms with Gasteiger partial charge in [-0.3, -0.25) is 0 Å². The molecule has 0 amide bonds. The van der Waals surface area contributed by atoms with Crippen molar-refractivity contribution in [3.63, 3.8) is 0 Å². The third-order valence-electron chi connectivity index (χ3n) is 2.67. The van der Waals surface area contributed by atoms with Crippen LogP contribution in [-0.2, 0) is 5.33 Å². The molecule has 0 N–H and O–H groups in total. The van der Waals surface area contributed by atoms with E-state index >= 15 is 0 Å². The summed E-state index contributed by atoms with van der Waals surface area (Å²) in [5.41, 5.74) is 3.61. The number of nitrogens with zero attached hydrogens (tertiary/aromatic N) is 1. The van der Waals surface area contributed by atoms with Crippen molar-refractivity contribution in [2.45, 2.75) is 5.33 Å². The molecule has 1 nitrogen and oxygen atoms in total. The van der Waals surface area contributed by atoms with Gasteiger partial charge in [0.1, 0.15) is 0 Å². The molecule has 0 heterocycles. The number of alkyl halides is 1. The standard InChI is InChI=1S/C14H13Br2N/c1-17(12-5-3-2-4-6-12)14-8-7-11(10-15)9-13(14)16/h2-9H,10H2,1H3. The van der Waals surface area contributed by atoms with Crippen LogP contribution in [0.1, 0.15) is 5.56 Å². The van der Waals surface area contributed by atoms with Gasteiger partial charge in [-0.15, -0.1) is 0 Å². The normalized spacial score (nSPS) is 10.3. The van der Waals surface area contributed by atoms with Gasteiger partial charge >= 0.3 is 0 Å². The van der Waals surface area contributed by atoms with Crippen LogP contribution in [0.15, 0.2) is 53.0 Å². The molecule has 3 heteroatoms. The molecule has 0 aromatic heterocycles. The molecule has 0 fully saturated rings. The number of para-hydroxylation sites is 1. The van der Waals surface area contributed by atoms with E-state index < -0.39 is 0 Å². The Balaban J connectivity index is 2.34. The Kier molecular flexibility index (Phi) is 4.24. The van der Waals surface area contributed by atoms with E-state index in [1.54, 1.807) is 0 Å². The summed E-state index contributed by atoms with van der Waals surface area (Å²) in [7, 11) is 2.07. The monoisotopic (exact) mass is 353 g/mol. The van der Waals surface area contributed by atoms with E-state index in [9.17, 15) is 0 Å². The van der Waals surface area contributed by atoms with Crippen molar-refractivity contribution in [2.24, 2.45) is 0 Å². The Morgan fingerprint density at radius 1 is 1.06 bits per heavy atom. The fourth-order valence-electron chi connectivity index (χ4n) is 1.70. The fourth-order valence-corrected chi connectivity index (χ4v) is 2.74. The van der Waals surface area contributed by atoms with E-state index in [0.717, 1.165) is 9.80 Å². The summed E-state index contributed by atoms with van der Waals surface area (Å²) in [5.74, 6) is 0. The summed E-state index contributed by atoms with van der Waals surface area (Å²) >= 11 is 7.09. The lowest BCUT2D eigenvalue weighted by Gasteiger charge is -2.21. The Morgan fingerprint density at radius 3 is 2.35 bits per heavy atom. The number of hydrogen-bond donors (Lipinski definition) is 0. The first-order valence-electron chi connectivity index (χ1n) is 5.35. The quantitative estimate of drug-likeness (QED) is 0.692. The third-order valence-corrected chi connectivity index (χ3v) is 3.95. The van der Waals surface area contributed by atoms with E-state index in [1.807, 2.05) is 18.2 Å². The molecule has 0 radical (unpaired) electrons. The molecule has 0 atom stereocenters. The van der Waals surface area contributed by atoms with Crippen molar-refractivity contribution in [1.29, 1.82) is 0 Å². The number of rotatable bonds is 3. The minimum Gasteiger partial charge on any atom is -0.344 e. The number of anilines is 2. The van der Waals surface area contributed by atoms with E-state index in [4.69, 9.17) is 0 Å². The van der Waals surface area contributed by atoms with Crippen molar-refractivity contribution in [1.82, 2.24) is 0 Å². The predicted molar refractivity (Wildman–Crippen MR) is 81.3 cm³/mol. The molecule has 0 spiro atoms. The van der Waals surface area contributed by atoms with E-state index in [2.05, 4.69) is 74.1 Å². The number of benzene rings is 2. The predicted octanol–water partition coefficient (Wildman–Crippen LogP) is 5.11. The molecule has 2 aromatic rings. The summed E-state index contributed by atoms with van der Waals surface area (Å²) < 4.78 is 1.11. The second kappa shape index (κ2) is 5.69. The highest BCUT2D eigenvalue weighted by atomic mass is 79.9. The lowest BCUT2D eigenvalue weighted by Crippen LogP contribution is -2.09. The molecular weight excluding hydrogens is 342 g/mol. The average molecular weight is 355 g/mol. The van der Waals surface area contributed by atoms with Gasteiger partial charge in [-0.1, -0.05) is 40.2 Å². The molecule has 0 saturated carbocycles. The summed E-state index contributed by atoms with van der Waals surface area (Å²) in [5, 5.41) is 0.876. The maximum Gasteiger partial charge on any atom is 0.0552 e. The first-order valence-corrected chi connectivity index (χ1v) is 7.27. The van der Waals surface area contributed by atoms with E-state index in [1.165, 1.54) is 16.9 Å². The van der Waals surface area contributed by atoms with Gasteiger partial charge in [0.05, 0.1) is 5.69 Å². The second-order valence-electron chi connectivity index (χ2n) is 3.81. The molecule has 0 bridgehead atoms. The lowest BCUT2D eigenvalue weighted by molar-refractivity contribution is 1.19. The van der Waals surface area contributed by atoms with Crippen LogP contribution in [-0.4, -0.2) is 7.05 Å². The van der Waals surface area contributed by atoms with Crippen molar-refractivity contribution in [3.8, 4) is 0 Å². The van der Waals surface area contributed by atoms with Crippen LogP contribution in [0.25, 0.3) is 0 Å². The Morgan fingerprint density at radius 2 is 1.76 bits per heavy atom. The van der Waals surface area contributed by atoms with Crippen molar-refractivity contribution < 1.29 is 0 Å². The highest BCUT2D eigenvalue weighted by Gasteiger charge is 2.07. The van der Waals surface area contributed by atoms with Crippen LogP contribution in [0.3, 0.4) is 0 Å². The van der Waals surface area contributed by atoms with Gasteiger partial charge in [-0.25, -0.2) is 0 Å². The van der Waals surface area contributed by atoms with Gasteiger partial charge in [0.25, 0.3) is 0 Å². The van der Waals surface area contributed by atoms with Crippen LogP contribution in [0.2, 0.25) is 0 Å². The van der Waals surface area contributed by atoms with Gasteiger partial charge in [-0.05, 0) is 45.8 Å². The van der Waals surface area contributed by atoms with Gasteiger partial charge in [0, 0.05) is 22.5 Å². The first kappa shape index (κ1) is 12.7. The summed E-state index contributed by atoms with van der Waals surface area (Å²) in [6.07, 6.45) is 0. The minimum atomic E-state index is 0.876. The molecule has 2 aromatic carbocycles. The molecule has 17 heavy (non-hydrogen) atoms. The van der Waals surface area contributed by atoms with Crippen LogP contribution in [0.4, 0.5) is 11.4 Å². The molecule has 0 aliphatic carbocycles. The van der Waals surface area contributed by atoms with Gasteiger partial charge < -0.3 is 4.90 Å². The van der Waals surface area contributed by atoms with Crippen molar-refractivity contribution in [3.05, 3.63) is 58.6 Å². The summed E-state index contributed by atoms with van der Waals surface area (Å²) in [6.45, 7) is 0. The second-order valence-corrected chi connectivity index (χ2v) is 5.23. The maximum absolute atomic E-state index is 3.62. The Labute approximate surface area is 119 Å². The highest BCUT2D eigenvalue weighted by Crippen LogP contribution is 2.31. The maximum atomic E-state index is 3.62. The van der Waals surface area contributed by atoms with Crippen LogP contribution < -0.4 is 4.90 Å². The van der Waals surface area contributed by atoms with Crippen LogP contribution >= 0.6 is 31.9 Å². The van der Waals surface area contributed by atoms with E-state index in [-0.39, 0.29) is 0 Å². The molecule has 88 valence electrons. The first-order chi connectivity index (χ1) is 8.22. The fraction of sp³-hybridized carbons (Fsp3) is 0.143. The smallest absolute Gasteiger partial charge is 0.0552 e. The van der Waals surface area contributed by atoms with Gasteiger partial charge in [0.15, 0.2) is 0 Å². The zero-order valence-corrected chi connectivity index (χ0v) is 12.7. The van der Waals surface area contributed by atoms with Crippen molar-refractivity contribution in [2.75, 3.05) is 11.9 Å². The molecule has 0 saturated heterocycles. The minimum absolute atomic E-state index is 0.876. The molecule has 0 aliphatic heterocycles. The summed E-state index contributed by atoms with van der Waals surface area (Å²) in [6, 6.07) is 16.7. The topological polar surface area (TPSA) is 3.24 Å². The molecule has 0 aliphatic rings. The zero-order valence-electron chi connectivity index (χ0n) is 9.53. The van der Waals surface area contributed by atoms with Gasteiger partial charge in [0.2, 0.25) is 0 Å². The highest BCUT2D eigenvalue weighted by molar-refractivity contribution is 9.10. The molecule has 0 unspecified atom stereocenters. The lowest BCUT2D eigenvalue weighted by atomic mass is 10.2. The molecular formula is C14H13Br2N. The Bertz CT molecular complexity index is 497. The Hall–Kier alpha value is -0.800. The van der Waals surface area contributed by atoms with Crippen molar-refractivity contribution >= 4 is 43.2 Å². The van der Waals surface area contributed by atoms with Crippen LogP contribution in [0, 0.1) is 0 Å².